The van der Waals surface area contributed by atoms with Gasteiger partial charge in [-0.05, 0) is 37.1 Å². The molecule has 2 atom stereocenters. The highest BCUT2D eigenvalue weighted by Gasteiger charge is 2.48. The lowest BCUT2D eigenvalue weighted by Crippen LogP contribution is -2.50. The summed E-state index contributed by atoms with van der Waals surface area (Å²) in [5.41, 5.74) is 2.31. The number of hydrogen-bond donors (Lipinski definition) is 0. The number of fused-ring (bicyclic) bond motifs is 3. The molecule has 30 heavy (non-hydrogen) atoms. The molecule has 0 saturated carbocycles. The Morgan fingerprint density at radius 3 is 2.60 bits per heavy atom. The number of unbranched alkanes of at least 4 members (excludes halogenated alkanes) is 1. The average Bonchev–Trinajstić information content (AvgIpc) is 3.12. The van der Waals surface area contributed by atoms with Gasteiger partial charge in [0.15, 0.2) is 5.92 Å². The minimum absolute atomic E-state index is 0.199. The Morgan fingerprint density at radius 2 is 1.87 bits per heavy atom. The predicted octanol–water partition coefficient (Wildman–Crippen LogP) is 4.61. The van der Waals surface area contributed by atoms with Gasteiger partial charge in [-0.3, -0.25) is 14.5 Å². The van der Waals surface area contributed by atoms with Crippen LogP contribution in [0.5, 0.6) is 0 Å². The molecule has 0 saturated heterocycles. The summed E-state index contributed by atoms with van der Waals surface area (Å²) in [5, 5.41) is 0.496. The molecule has 4 rings (SSSR count). The van der Waals surface area contributed by atoms with Crippen LogP contribution in [0, 0.1) is 5.92 Å². The van der Waals surface area contributed by atoms with Crippen LogP contribution in [0.4, 0.5) is 5.95 Å². The number of rotatable bonds is 6. The molecule has 2 heterocycles. The Bertz CT molecular complexity index is 1090. The maximum absolute atomic E-state index is 13.6. The molecule has 1 aliphatic rings. The quantitative estimate of drug-likeness (QED) is 0.427. The molecule has 1 aromatic heterocycles. The first-order valence-electron chi connectivity index (χ1n) is 10.3. The number of aromatic nitrogens is 2. The number of esters is 1. The van der Waals surface area contributed by atoms with Crippen LogP contribution >= 0.6 is 11.6 Å². The number of anilines is 1. The fraction of sp³-hybridized carbons (Fsp3) is 0.348. The fourth-order valence-corrected chi connectivity index (χ4v) is 4.32. The molecular formula is C23H24ClN3O3. The van der Waals surface area contributed by atoms with Crippen LogP contribution in [-0.2, 0) is 14.3 Å². The second kappa shape index (κ2) is 8.48. The van der Waals surface area contributed by atoms with Crippen LogP contribution in [0.3, 0.4) is 0 Å². The van der Waals surface area contributed by atoms with Gasteiger partial charge in [0, 0.05) is 11.6 Å². The smallest absolute Gasteiger partial charge is 0.321 e. The van der Waals surface area contributed by atoms with Crippen molar-refractivity contribution in [3.05, 3.63) is 59.1 Å². The largest absolute Gasteiger partial charge is 0.465 e. The van der Waals surface area contributed by atoms with Crippen molar-refractivity contribution in [1.82, 2.24) is 9.55 Å². The first-order chi connectivity index (χ1) is 14.6. The molecule has 156 valence electrons. The van der Waals surface area contributed by atoms with Crippen LogP contribution in [0.15, 0.2) is 48.5 Å². The molecule has 0 radical (unpaired) electrons. The highest BCUT2D eigenvalue weighted by molar-refractivity contribution is 6.31. The summed E-state index contributed by atoms with van der Waals surface area (Å²) < 4.78 is 7.30. The van der Waals surface area contributed by atoms with E-state index in [9.17, 15) is 9.59 Å². The van der Waals surface area contributed by atoms with Crippen LogP contribution < -0.4 is 4.90 Å². The zero-order valence-corrected chi connectivity index (χ0v) is 17.8. The Balaban J connectivity index is 2.00. The molecule has 0 N–H and O–H groups in total. The minimum Gasteiger partial charge on any atom is -0.465 e. The van der Waals surface area contributed by atoms with Crippen molar-refractivity contribution in [2.45, 2.75) is 32.7 Å². The van der Waals surface area contributed by atoms with Gasteiger partial charge >= 0.3 is 5.97 Å². The lowest BCUT2D eigenvalue weighted by molar-refractivity contribution is -0.153. The van der Waals surface area contributed by atoms with E-state index in [1.54, 1.807) is 17.9 Å². The van der Waals surface area contributed by atoms with E-state index in [0.717, 1.165) is 23.9 Å². The van der Waals surface area contributed by atoms with Gasteiger partial charge in [-0.15, -0.1) is 0 Å². The fourth-order valence-electron chi connectivity index (χ4n) is 4.07. The van der Waals surface area contributed by atoms with E-state index in [1.807, 2.05) is 47.0 Å². The van der Waals surface area contributed by atoms with Crippen molar-refractivity contribution >= 4 is 40.5 Å². The van der Waals surface area contributed by atoms with Crippen molar-refractivity contribution in [2.75, 3.05) is 18.1 Å². The van der Waals surface area contributed by atoms with E-state index in [2.05, 4.69) is 6.92 Å². The van der Waals surface area contributed by atoms with Crippen LogP contribution in [-0.4, -0.2) is 34.6 Å². The van der Waals surface area contributed by atoms with Gasteiger partial charge in [-0.1, -0.05) is 55.3 Å². The molecule has 0 unspecified atom stereocenters. The number of carbonyl (C=O) groups is 2. The molecule has 7 heteroatoms. The van der Waals surface area contributed by atoms with Gasteiger partial charge in [0.05, 0.1) is 23.7 Å². The molecule has 0 bridgehead atoms. The maximum atomic E-state index is 13.6. The topological polar surface area (TPSA) is 64.4 Å². The zero-order chi connectivity index (χ0) is 21.3. The van der Waals surface area contributed by atoms with Gasteiger partial charge in [0.25, 0.3) is 0 Å². The number of carbonyl (C=O) groups excluding carboxylic acids is 2. The van der Waals surface area contributed by atoms with E-state index < -0.39 is 17.9 Å². The van der Waals surface area contributed by atoms with Crippen LogP contribution in [0.1, 0.15) is 38.3 Å². The summed E-state index contributed by atoms with van der Waals surface area (Å²) in [6.45, 7) is 4.49. The normalized spacial score (nSPS) is 18.5. The molecule has 0 aliphatic carbocycles. The number of imidazole rings is 1. The molecule has 6 nitrogen and oxygen atoms in total. The number of amides is 1. The summed E-state index contributed by atoms with van der Waals surface area (Å²) in [6, 6.07) is 14.4. The van der Waals surface area contributed by atoms with E-state index in [4.69, 9.17) is 21.3 Å². The standard InChI is InChI=1S/C23H24ClN3O3/c1-3-5-14-26-21(28)19(22(29)30-4-2)20(15-10-6-7-11-16(15)24)27-18-13-9-8-12-17(18)25-23(26)27/h6-13,19-20H,3-5,14H2,1-2H3/t19-,20-/m0/s1. The second-order valence-electron chi connectivity index (χ2n) is 7.31. The van der Waals surface area contributed by atoms with Gasteiger partial charge < -0.3 is 9.30 Å². The third kappa shape index (κ3) is 3.35. The first-order valence-corrected chi connectivity index (χ1v) is 10.7. The average molecular weight is 426 g/mol. The van der Waals surface area contributed by atoms with Crippen molar-refractivity contribution in [3.63, 3.8) is 0 Å². The first kappa shape index (κ1) is 20.4. The highest BCUT2D eigenvalue weighted by Crippen LogP contribution is 2.43. The number of halogens is 1. The summed E-state index contributed by atoms with van der Waals surface area (Å²) in [5.74, 6) is -1.33. The van der Waals surface area contributed by atoms with Gasteiger partial charge in [0.2, 0.25) is 11.9 Å². The zero-order valence-electron chi connectivity index (χ0n) is 17.0. The number of benzene rings is 2. The Kier molecular flexibility index (Phi) is 5.77. The number of nitrogens with zero attached hydrogens (tertiary/aromatic N) is 3. The Hall–Kier alpha value is -2.86. The monoisotopic (exact) mass is 425 g/mol. The third-order valence-corrected chi connectivity index (χ3v) is 5.79. The molecule has 1 amide bonds. The molecule has 1 aliphatic heterocycles. The van der Waals surface area contributed by atoms with Crippen molar-refractivity contribution < 1.29 is 14.3 Å². The third-order valence-electron chi connectivity index (χ3n) is 5.44. The second-order valence-corrected chi connectivity index (χ2v) is 7.72. The Morgan fingerprint density at radius 1 is 1.13 bits per heavy atom. The van der Waals surface area contributed by atoms with E-state index in [-0.39, 0.29) is 12.5 Å². The summed E-state index contributed by atoms with van der Waals surface area (Å²) >= 11 is 6.55. The van der Waals surface area contributed by atoms with Crippen LogP contribution in [0.2, 0.25) is 5.02 Å². The molecular weight excluding hydrogens is 402 g/mol. The van der Waals surface area contributed by atoms with Crippen molar-refractivity contribution in [1.29, 1.82) is 0 Å². The van der Waals surface area contributed by atoms with Crippen molar-refractivity contribution in [2.24, 2.45) is 5.92 Å². The van der Waals surface area contributed by atoms with Gasteiger partial charge in [0.1, 0.15) is 0 Å². The lowest BCUT2D eigenvalue weighted by atomic mass is 9.89. The van der Waals surface area contributed by atoms with E-state index >= 15 is 0 Å². The maximum Gasteiger partial charge on any atom is 0.321 e. The van der Waals surface area contributed by atoms with Gasteiger partial charge in [-0.2, -0.15) is 0 Å². The minimum atomic E-state index is -1.04. The van der Waals surface area contributed by atoms with Crippen LogP contribution in [0.25, 0.3) is 11.0 Å². The van der Waals surface area contributed by atoms with Crippen molar-refractivity contribution in [3.8, 4) is 0 Å². The Labute approximate surface area is 180 Å². The molecule has 3 aromatic rings. The SMILES string of the molecule is CCCCN1C(=O)[C@@H](C(=O)OCC)[C@H](c2ccccc2Cl)n2c1nc1ccccc12. The highest BCUT2D eigenvalue weighted by atomic mass is 35.5. The number of hydrogen-bond acceptors (Lipinski definition) is 4. The molecule has 2 aromatic carbocycles. The molecule has 0 spiro atoms. The summed E-state index contributed by atoms with van der Waals surface area (Å²) in [4.78, 5) is 33.0. The van der Waals surface area contributed by atoms with Gasteiger partial charge in [-0.25, -0.2) is 4.98 Å². The predicted molar refractivity (Wildman–Crippen MR) is 117 cm³/mol. The van der Waals surface area contributed by atoms with E-state index in [0.29, 0.717) is 23.1 Å². The summed E-state index contributed by atoms with van der Waals surface area (Å²) in [6.07, 6.45) is 1.73. The van der Waals surface area contributed by atoms with E-state index in [1.165, 1.54) is 0 Å². The molecule has 0 fully saturated rings. The lowest BCUT2D eigenvalue weighted by Gasteiger charge is -2.38. The summed E-state index contributed by atoms with van der Waals surface area (Å²) in [7, 11) is 0. The number of ether oxygens (including phenoxy) is 1. The number of para-hydroxylation sites is 2.